The van der Waals surface area contributed by atoms with E-state index in [0.717, 1.165) is 18.9 Å². The Bertz CT molecular complexity index is 479. The van der Waals surface area contributed by atoms with Crippen LogP contribution in [0, 0.1) is 0 Å². The van der Waals surface area contributed by atoms with Gasteiger partial charge >= 0.3 is 11.9 Å². The summed E-state index contributed by atoms with van der Waals surface area (Å²) < 4.78 is 8.95. The number of aromatic hydroxyl groups is 1. The van der Waals surface area contributed by atoms with Crippen molar-refractivity contribution in [2.45, 2.75) is 25.4 Å². The van der Waals surface area contributed by atoms with E-state index < -0.39 is 11.9 Å². The zero-order valence-electron chi connectivity index (χ0n) is 11.5. The average Bonchev–Trinajstić information content (AvgIpc) is 2.44. The number of benzene rings is 1. The van der Waals surface area contributed by atoms with Crippen molar-refractivity contribution in [3.05, 3.63) is 29.3 Å². The summed E-state index contributed by atoms with van der Waals surface area (Å²) in [6, 6.07) is 3.74. The van der Waals surface area contributed by atoms with Gasteiger partial charge in [-0.25, -0.2) is 9.59 Å². The van der Waals surface area contributed by atoms with Crippen molar-refractivity contribution in [2.75, 3.05) is 14.2 Å². The number of aliphatic hydroxyl groups excluding tert-OH is 1. The monoisotopic (exact) mass is 282 g/mol. The second-order valence-corrected chi connectivity index (χ2v) is 4.30. The molecule has 1 fully saturated rings. The predicted molar refractivity (Wildman–Crippen MR) is 70.6 cm³/mol. The van der Waals surface area contributed by atoms with Crippen LogP contribution < -0.4 is 0 Å². The van der Waals surface area contributed by atoms with Crippen LogP contribution in [0.5, 0.6) is 5.75 Å². The summed E-state index contributed by atoms with van der Waals surface area (Å²) in [6.45, 7) is 0. The van der Waals surface area contributed by atoms with Crippen LogP contribution in [0.25, 0.3) is 0 Å². The summed E-state index contributed by atoms with van der Waals surface area (Å²) >= 11 is 0. The maximum atomic E-state index is 11.3. The molecule has 0 aromatic heterocycles. The molecule has 110 valence electrons. The lowest BCUT2D eigenvalue weighted by molar-refractivity contribution is 0.0555. The fraction of sp³-hybridized carbons (Fsp3) is 0.429. The SMILES string of the molecule is COC(=O)c1ccc(O)cc1C(=O)OC.OC1CCC1. The highest BCUT2D eigenvalue weighted by Gasteiger charge is 2.18. The number of phenols is 1. The number of aliphatic hydroxyl groups is 1. The van der Waals surface area contributed by atoms with Gasteiger partial charge in [-0.2, -0.15) is 0 Å². The van der Waals surface area contributed by atoms with Gasteiger partial charge in [-0.3, -0.25) is 0 Å². The fourth-order valence-corrected chi connectivity index (χ4v) is 1.49. The first-order valence-corrected chi connectivity index (χ1v) is 6.17. The number of methoxy groups -OCH3 is 2. The highest BCUT2D eigenvalue weighted by atomic mass is 16.5. The van der Waals surface area contributed by atoms with Crippen molar-refractivity contribution in [3.8, 4) is 5.75 Å². The van der Waals surface area contributed by atoms with Crippen LogP contribution in [0.2, 0.25) is 0 Å². The van der Waals surface area contributed by atoms with E-state index >= 15 is 0 Å². The van der Waals surface area contributed by atoms with Gasteiger partial charge in [0.25, 0.3) is 0 Å². The Labute approximate surface area is 116 Å². The fourth-order valence-electron chi connectivity index (χ4n) is 1.49. The lowest BCUT2D eigenvalue weighted by Crippen LogP contribution is -2.15. The molecule has 0 atom stereocenters. The summed E-state index contributed by atoms with van der Waals surface area (Å²) in [4.78, 5) is 22.5. The van der Waals surface area contributed by atoms with Gasteiger partial charge in [0, 0.05) is 0 Å². The normalized spacial score (nSPS) is 13.6. The topological polar surface area (TPSA) is 93.1 Å². The molecule has 1 aliphatic carbocycles. The van der Waals surface area contributed by atoms with Crippen LogP contribution >= 0.6 is 0 Å². The molecule has 1 aromatic rings. The maximum Gasteiger partial charge on any atom is 0.338 e. The molecule has 6 nitrogen and oxygen atoms in total. The number of carbonyl (C=O) groups excluding carboxylic acids is 2. The first-order valence-electron chi connectivity index (χ1n) is 6.17. The van der Waals surface area contributed by atoms with Crippen molar-refractivity contribution in [1.82, 2.24) is 0 Å². The van der Waals surface area contributed by atoms with Gasteiger partial charge in [0.05, 0.1) is 31.5 Å². The molecular weight excluding hydrogens is 264 g/mol. The molecule has 1 saturated carbocycles. The molecule has 0 amide bonds. The van der Waals surface area contributed by atoms with E-state index in [1.54, 1.807) is 0 Å². The summed E-state index contributed by atoms with van der Waals surface area (Å²) in [6.07, 6.45) is 3.39. The molecule has 1 aromatic carbocycles. The van der Waals surface area contributed by atoms with E-state index in [1.165, 1.54) is 32.8 Å². The lowest BCUT2D eigenvalue weighted by atomic mass is 9.97. The summed E-state index contributed by atoms with van der Waals surface area (Å²) in [5, 5.41) is 17.6. The highest BCUT2D eigenvalue weighted by molar-refractivity contribution is 6.03. The molecule has 0 unspecified atom stereocenters. The van der Waals surface area contributed by atoms with Crippen LogP contribution in [0.3, 0.4) is 0 Å². The van der Waals surface area contributed by atoms with Crippen LogP contribution in [0.15, 0.2) is 18.2 Å². The minimum Gasteiger partial charge on any atom is -0.508 e. The molecule has 20 heavy (non-hydrogen) atoms. The van der Waals surface area contributed by atoms with Crippen molar-refractivity contribution < 1.29 is 29.3 Å². The summed E-state index contributed by atoms with van der Waals surface area (Å²) in [5.41, 5.74) is 0.0338. The molecule has 2 N–H and O–H groups in total. The molecule has 0 spiro atoms. The van der Waals surface area contributed by atoms with E-state index in [1.807, 2.05) is 0 Å². The Kier molecular flexibility index (Phi) is 5.99. The number of ether oxygens (including phenoxy) is 2. The number of hydrogen-bond acceptors (Lipinski definition) is 6. The van der Waals surface area contributed by atoms with Crippen molar-refractivity contribution in [3.63, 3.8) is 0 Å². The molecule has 0 heterocycles. The molecule has 0 radical (unpaired) electrons. The largest absolute Gasteiger partial charge is 0.508 e. The zero-order valence-corrected chi connectivity index (χ0v) is 11.5. The molecule has 6 heteroatoms. The van der Waals surface area contributed by atoms with Crippen LogP contribution in [-0.2, 0) is 9.47 Å². The molecule has 2 rings (SSSR count). The van der Waals surface area contributed by atoms with Crippen LogP contribution in [0.1, 0.15) is 40.0 Å². The Morgan fingerprint density at radius 2 is 1.60 bits per heavy atom. The minimum absolute atomic E-state index is 0.0237. The second kappa shape index (κ2) is 7.49. The van der Waals surface area contributed by atoms with E-state index in [-0.39, 0.29) is 23.0 Å². The van der Waals surface area contributed by atoms with Gasteiger partial charge in [0.1, 0.15) is 5.75 Å². The second-order valence-electron chi connectivity index (χ2n) is 4.30. The quantitative estimate of drug-likeness (QED) is 0.798. The predicted octanol–water partition coefficient (Wildman–Crippen LogP) is 1.50. The van der Waals surface area contributed by atoms with E-state index in [9.17, 15) is 14.7 Å². The number of phenolic OH excluding ortho intramolecular Hbond substituents is 1. The standard InChI is InChI=1S/C10H10O5.C4H8O/c1-14-9(12)7-4-3-6(11)5-8(7)10(13)15-2;5-4-2-1-3-4/h3-5,11H,1-2H3;4-5H,1-3H2. The number of esters is 2. The van der Waals surface area contributed by atoms with Gasteiger partial charge in [-0.05, 0) is 37.5 Å². The summed E-state index contributed by atoms with van der Waals surface area (Å²) in [7, 11) is 2.39. The van der Waals surface area contributed by atoms with Crippen molar-refractivity contribution in [2.24, 2.45) is 0 Å². The zero-order chi connectivity index (χ0) is 15.1. The number of rotatable bonds is 2. The van der Waals surface area contributed by atoms with Gasteiger partial charge in [-0.1, -0.05) is 0 Å². The Morgan fingerprint density at radius 3 is 2.00 bits per heavy atom. The molecule has 1 aliphatic rings. The third-order valence-corrected chi connectivity index (χ3v) is 2.89. The number of carbonyl (C=O) groups is 2. The van der Waals surface area contributed by atoms with Crippen molar-refractivity contribution in [1.29, 1.82) is 0 Å². The Morgan fingerprint density at radius 1 is 1.10 bits per heavy atom. The van der Waals surface area contributed by atoms with E-state index in [0.29, 0.717) is 0 Å². The number of hydrogen-bond donors (Lipinski definition) is 2. The lowest BCUT2D eigenvalue weighted by Gasteiger charge is -2.17. The van der Waals surface area contributed by atoms with Crippen LogP contribution in [0.4, 0.5) is 0 Å². The van der Waals surface area contributed by atoms with Gasteiger partial charge in [0.15, 0.2) is 0 Å². The average molecular weight is 282 g/mol. The van der Waals surface area contributed by atoms with Crippen molar-refractivity contribution >= 4 is 11.9 Å². The molecular formula is C14H18O6. The maximum absolute atomic E-state index is 11.3. The Balaban J connectivity index is 0.000000333. The van der Waals surface area contributed by atoms with Gasteiger partial charge in [0.2, 0.25) is 0 Å². The third-order valence-electron chi connectivity index (χ3n) is 2.89. The minimum atomic E-state index is -0.702. The van der Waals surface area contributed by atoms with Gasteiger partial charge in [-0.15, -0.1) is 0 Å². The first kappa shape index (κ1) is 16.0. The van der Waals surface area contributed by atoms with E-state index in [4.69, 9.17) is 5.11 Å². The third kappa shape index (κ3) is 4.24. The smallest absolute Gasteiger partial charge is 0.338 e. The van der Waals surface area contributed by atoms with Gasteiger partial charge < -0.3 is 19.7 Å². The molecule has 0 bridgehead atoms. The molecule has 0 aliphatic heterocycles. The van der Waals surface area contributed by atoms with Crippen LogP contribution in [-0.4, -0.2) is 42.5 Å². The summed E-state index contributed by atoms with van der Waals surface area (Å²) in [5.74, 6) is -1.48. The molecule has 0 saturated heterocycles. The first-order chi connectivity index (χ1) is 9.49. The highest BCUT2D eigenvalue weighted by Crippen LogP contribution is 2.18. The Hall–Kier alpha value is -2.08. The van der Waals surface area contributed by atoms with E-state index in [2.05, 4.69) is 9.47 Å².